The summed E-state index contributed by atoms with van der Waals surface area (Å²) in [4.78, 5) is 10.8. The van der Waals surface area contributed by atoms with E-state index >= 15 is 0 Å². The van der Waals surface area contributed by atoms with Gasteiger partial charge < -0.3 is 8.82 Å². The van der Waals surface area contributed by atoms with Crippen molar-refractivity contribution < 1.29 is 4.42 Å². The van der Waals surface area contributed by atoms with Gasteiger partial charge in [-0.05, 0) is 87.3 Å². The van der Waals surface area contributed by atoms with E-state index in [9.17, 15) is 0 Å². The van der Waals surface area contributed by atoms with E-state index < -0.39 is 0 Å². The van der Waals surface area contributed by atoms with Gasteiger partial charge >= 0.3 is 0 Å². The summed E-state index contributed by atoms with van der Waals surface area (Å²) in [7, 11) is 0. The van der Waals surface area contributed by atoms with Crippen LogP contribution in [0.4, 0.5) is 0 Å². The molecule has 9 aromatic carbocycles. The van der Waals surface area contributed by atoms with E-state index in [1.807, 2.05) is 0 Å². The van der Waals surface area contributed by atoms with Crippen molar-refractivity contribution in [3.8, 4) is 28.3 Å². The highest BCUT2D eigenvalue weighted by Crippen LogP contribution is 2.48. The zero-order chi connectivity index (χ0) is 36.9. The summed E-state index contributed by atoms with van der Waals surface area (Å²) >= 11 is 0. The highest BCUT2D eigenvalue weighted by Gasteiger charge is 2.27. The molecule has 262 valence electrons. The molecule has 0 aliphatic heterocycles. The number of hydrogen-bond acceptors (Lipinski definition) is 3. The maximum absolute atomic E-state index is 6.62. The first kappa shape index (κ1) is 29.6. The first-order valence-corrected chi connectivity index (χ1v) is 19.4. The standard InChI is InChI=1S/C52H28N4O/c1-2-11-32-31(10-1)28-38(34-13-4-3-12-33(32)34)29-20-22-30(23-21-29)50-37-15-5-7-16-39(37)53-52(54-50)56-42-19-9-18-41-46(42)47-43(56)25-27-44-48(47)49-45(57-44)26-24-36-35-14-6-8-17-40(35)55(41)51(36)49/h1-28H. The Morgan fingerprint density at radius 3 is 1.96 bits per heavy atom. The van der Waals surface area contributed by atoms with E-state index in [0.29, 0.717) is 5.95 Å². The van der Waals surface area contributed by atoms with Crippen molar-refractivity contribution in [3.05, 3.63) is 170 Å². The van der Waals surface area contributed by atoms with Gasteiger partial charge in [-0.15, -0.1) is 0 Å². The molecule has 5 heterocycles. The molecule has 0 radical (unpaired) electrons. The summed E-state index contributed by atoms with van der Waals surface area (Å²) in [6, 6.07) is 61.0. The summed E-state index contributed by atoms with van der Waals surface area (Å²) in [5.74, 6) is 0.640. The van der Waals surface area contributed by atoms with E-state index in [4.69, 9.17) is 14.4 Å². The van der Waals surface area contributed by atoms with E-state index in [-0.39, 0.29) is 0 Å². The smallest absolute Gasteiger partial charge is 0.235 e. The van der Waals surface area contributed by atoms with Crippen LogP contribution in [0.5, 0.6) is 0 Å². The minimum atomic E-state index is 0.640. The van der Waals surface area contributed by atoms with Gasteiger partial charge in [0.05, 0.1) is 44.2 Å². The topological polar surface area (TPSA) is 48.3 Å². The maximum atomic E-state index is 6.62. The predicted octanol–water partition coefficient (Wildman–Crippen LogP) is 13.7. The number of nitrogens with zero attached hydrogens (tertiary/aromatic N) is 4. The molecule has 0 N–H and O–H groups in total. The largest absolute Gasteiger partial charge is 0.456 e. The first-order chi connectivity index (χ1) is 28.3. The van der Waals surface area contributed by atoms with E-state index in [0.717, 1.165) is 60.6 Å². The van der Waals surface area contributed by atoms with Crippen molar-refractivity contribution in [2.24, 2.45) is 0 Å². The first-order valence-electron chi connectivity index (χ1n) is 19.4. The van der Waals surface area contributed by atoms with Crippen LogP contribution in [0.15, 0.2) is 174 Å². The number of aromatic nitrogens is 4. The molecular weight excluding hydrogens is 697 g/mol. The van der Waals surface area contributed by atoms with Gasteiger partial charge in [-0.2, -0.15) is 0 Å². The molecule has 0 aliphatic carbocycles. The van der Waals surface area contributed by atoms with E-state index in [1.54, 1.807) is 0 Å². The molecule has 5 heteroatoms. The van der Waals surface area contributed by atoms with E-state index in [1.165, 1.54) is 65.3 Å². The monoisotopic (exact) mass is 724 g/mol. The number of fused-ring (bicyclic) bond motifs is 8. The zero-order valence-corrected chi connectivity index (χ0v) is 30.4. The van der Waals surface area contributed by atoms with Gasteiger partial charge in [-0.1, -0.05) is 115 Å². The summed E-state index contributed by atoms with van der Waals surface area (Å²) in [5.41, 5.74) is 12.7. The van der Waals surface area contributed by atoms with Crippen LogP contribution in [0, 0.1) is 0 Å². The molecule has 0 amide bonds. The Kier molecular flexibility index (Phi) is 5.45. The lowest BCUT2D eigenvalue weighted by Gasteiger charge is -2.13. The predicted molar refractivity (Wildman–Crippen MR) is 235 cm³/mol. The summed E-state index contributed by atoms with van der Waals surface area (Å²) in [5, 5.41) is 13.1. The third-order valence-electron chi connectivity index (χ3n) is 12.4. The third-order valence-corrected chi connectivity index (χ3v) is 12.4. The fourth-order valence-corrected chi connectivity index (χ4v) is 10.1. The van der Waals surface area contributed by atoms with Crippen LogP contribution in [0.1, 0.15) is 0 Å². The number of furan rings is 1. The second-order valence-electron chi connectivity index (χ2n) is 15.3. The molecule has 0 bridgehead atoms. The normalized spacial score (nSPS) is 12.6. The van der Waals surface area contributed by atoms with Crippen molar-refractivity contribution in [1.82, 2.24) is 18.9 Å². The quantitative estimate of drug-likeness (QED) is 0.170. The molecule has 5 aromatic heterocycles. The minimum Gasteiger partial charge on any atom is -0.456 e. The summed E-state index contributed by atoms with van der Waals surface area (Å²) in [6.07, 6.45) is 0. The van der Waals surface area contributed by atoms with Crippen molar-refractivity contribution in [2.75, 3.05) is 0 Å². The summed E-state index contributed by atoms with van der Waals surface area (Å²) in [6.45, 7) is 0. The van der Waals surface area contributed by atoms with Crippen LogP contribution < -0.4 is 0 Å². The lowest BCUT2D eigenvalue weighted by Crippen LogP contribution is -2.03. The minimum absolute atomic E-state index is 0.640. The Morgan fingerprint density at radius 1 is 0.404 bits per heavy atom. The lowest BCUT2D eigenvalue weighted by atomic mass is 9.92. The van der Waals surface area contributed by atoms with Crippen LogP contribution in [0.3, 0.4) is 0 Å². The number of rotatable bonds is 3. The third kappa shape index (κ3) is 3.73. The lowest BCUT2D eigenvalue weighted by molar-refractivity contribution is 0.669. The van der Waals surface area contributed by atoms with Crippen LogP contribution >= 0.6 is 0 Å². The Hall–Kier alpha value is -7.76. The van der Waals surface area contributed by atoms with Gasteiger partial charge in [-0.3, -0.25) is 4.57 Å². The molecule has 14 rings (SSSR count). The van der Waals surface area contributed by atoms with Gasteiger partial charge in [0, 0.05) is 37.9 Å². The fourth-order valence-electron chi connectivity index (χ4n) is 10.1. The van der Waals surface area contributed by atoms with E-state index in [2.05, 4.69) is 179 Å². The van der Waals surface area contributed by atoms with Crippen LogP contribution in [-0.4, -0.2) is 18.9 Å². The second-order valence-corrected chi connectivity index (χ2v) is 15.3. The van der Waals surface area contributed by atoms with Gasteiger partial charge in [0.15, 0.2) is 0 Å². The molecule has 0 atom stereocenters. The molecule has 57 heavy (non-hydrogen) atoms. The van der Waals surface area contributed by atoms with Crippen LogP contribution in [0.2, 0.25) is 0 Å². The average Bonchev–Trinajstić information content (AvgIpc) is 3.90. The average molecular weight is 725 g/mol. The van der Waals surface area contributed by atoms with Gasteiger partial charge in [0.2, 0.25) is 5.95 Å². The molecule has 0 fully saturated rings. The maximum Gasteiger partial charge on any atom is 0.235 e. The number of hydrogen-bond donors (Lipinski definition) is 0. The highest BCUT2D eigenvalue weighted by atomic mass is 16.3. The molecule has 0 spiro atoms. The Bertz CT molecular complexity index is 3980. The number of para-hydroxylation sites is 2. The van der Waals surface area contributed by atoms with Gasteiger partial charge in [0.1, 0.15) is 11.2 Å². The molecule has 5 nitrogen and oxygen atoms in total. The van der Waals surface area contributed by atoms with Crippen molar-refractivity contribution in [2.45, 2.75) is 0 Å². The van der Waals surface area contributed by atoms with Crippen molar-refractivity contribution >= 4 is 104 Å². The molecular formula is C52H28N4O. The number of benzene rings is 9. The van der Waals surface area contributed by atoms with Gasteiger partial charge in [-0.25, -0.2) is 9.97 Å². The second kappa shape index (κ2) is 10.5. The zero-order valence-electron chi connectivity index (χ0n) is 30.4. The fraction of sp³-hybridized carbons (Fsp3) is 0. The SMILES string of the molecule is c1ccc2c(c1)cc(-c1ccc(-c3nc(-n4c5ccc6oc7ccc8c9ccccc9n9c%10cccc4c%10c5c6c7c89)nc4ccccc34)cc1)c1ccccc12. The molecule has 0 saturated heterocycles. The Labute approximate surface area is 323 Å². The molecule has 0 unspecified atom stereocenters. The highest BCUT2D eigenvalue weighted by molar-refractivity contribution is 6.37. The van der Waals surface area contributed by atoms with Crippen LogP contribution in [0.25, 0.3) is 132 Å². The molecule has 0 saturated carbocycles. The van der Waals surface area contributed by atoms with Crippen molar-refractivity contribution in [1.29, 1.82) is 0 Å². The van der Waals surface area contributed by atoms with Crippen molar-refractivity contribution in [3.63, 3.8) is 0 Å². The molecule has 0 aliphatic rings. The Balaban J connectivity index is 1.04. The Morgan fingerprint density at radius 2 is 1.07 bits per heavy atom. The van der Waals surface area contributed by atoms with Crippen LogP contribution in [-0.2, 0) is 0 Å². The summed E-state index contributed by atoms with van der Waals surface area (Å²) < 4.78 is 11.3. The molecule has 14 aromatic rings. The van der Waals surface area contributed by atoms with Gasteiger partial charge in [0.25, 0.3) is 0 Å².